The van der Waals surface area contributed by atoms with Gasteiger partial charge in [0, 0.05) is 19.0 Å². The van der Waals surface area contributed by atoms with Crippen LogP contribution >= 0.6 is 0 Å². The highest BCUT2D eigenvalue weighted by Gasteiger charge is 2.57. The van der Waals surface area contributed by atoms with Crippen molar-refractivity contribution >= 4 is 11.0 Å². The molecule has 0 bridgehead atoms. The molecule has 82 valence electrons. The average molecular weight is 213 g/mol. The lowest BCUT2D eigenvalue weighted by Gasteiger charge is -2.12. The molecule has 1 saturated carbocycles. The maximum atomic E-state index is 4.37. The number of hydrogen-bond acceptors (Lipinski definition) is 2. The smallest absolute Gasteiger partial charge is 0.0955 e. The number of benzene rings is 1. The molecule has 2 atom stereocenters. The molecule has 16 heavy (non-hydrogen) atoms. The summed E-state index contributed by atoms with van der Waals surface area (Å²) >= 11 is 0. The third-order valence-electron chi connectivity index (χ3n) is 4.36. The highest BCUT2D eigenvalue weighted by molar-refractivity contribution is 5.76. The summed E-state index contributed by atoms with van der Waals surface area (Å²) in [6.45, 7) is 2.35. The van der Waals surface area contributed by atoms with Gasteiger partial charge < -0.3 is 9.88 Å². The van der Waals surface area contributed by atoms with Gasteiger partial charge in [-0.25, -0.2) is 4.98 Å². The molecule has 0 amide bonds. The van der Waals surface area contributed by atoms with Crippen molar-refractivity contribution in [1.82, 2.24) is 14.9 Å². The average Bonchev–Trinajstić information content (AvgIpc) is 2.69. The van der Waals surface area contributed by atoms with E-state index in [1.54, 1.807) is 0 Å². The molecular weight excluding hydrogens is 198 g/mol. The molecule has 1 aliphatic carbocycles. The second-order valence-electron chi connectivity index (χ2n) is 5.25. The molecule has 2 aliphatic rings. The van der Waals surface area contributed by atoms with Crippen LogP contribution in [0.3, 0.4) is 0 Å². The van der Waals surface area contributed by atoms with Crippen LogP contribution in [0.4, 0.5) is 0 Å². The molecular formula is C13H15N3. The van der Waals surface area contributed by atoms with Gasteiger partial charge in [0.15, 0.2) is 0 Å². The molecule has 2 aromatic rings. The van der Waals surface area contributed by atoms with E-state index in [0.717, 1.165) is 18.0 Å². The van der Waals surface area contributed by atoms with Crippen molar-refractivity contribution in [3.8, 4) is 0 Å². The van der Waals surface area contributed by atoms with Crippen LogP contribution in [-0.4, -0.2) is 22.6 Å². The lowest BCUT2D eigenvalue weighted by Crippen LogP contribution is -2.19. The Morgan fingerprint density at radius 1 is 1.50 bits per heavy atom. The van der Waals surface area contributed by atoms with Gasteiger partial charge in [-0.05, 0) is 36.6 Å². The fourth-order valence-electron chi connectivity index (χ4n) is 3.23. The summed E-state index contributed by atoms with van der Waals surface area (Å²) in [5.41, 5.74) is 4.31. The first kappa shape index (κ1) is 8.76. The summed E-state index contributed by atoms with van der Waals surface area (Å²) in [4.78, 5) is 4.37. The fourth-order valence-corrected chi connectivity index (χ4v) is 3.23. The Morgan fingerprint density at radius 3 is 3.19 bits per heavy atom. The van der Waals surface area contributed by atoms with E-state index in [2.05, 4.69) is 40.1 Å². The number of fused-ring (bicyclic) bond motifs is 2. The summed E-state index contributed by atoms with van der Waals surface area (Å²) in [6.07, 6.45) is 3.26. The molecule has 3 heteroatoms. The van der Waals surface area contributed by atoms with Crippen LogP contribution in [0.5, 0.6) is 0 Å². The van der Waals surface area contributed by atoms with Gasteiger partial charge in [0.05, 0.1) is 17.4 Å². The highest BCUT2D eigenvalue weighted by atomic mass is 15.0. The van der Waals surface area contributed by atoms with Crippen LogP contribution in [-0.2, 0) is 12.5 Å². The monoisotopic (exact) mass is 213 g/mol. The maximum Gasteiger partial charge on any atom is 0.0955 e. The zero-order valence-electron chi connectivity index (χ0n) is 9.40. The number of nitrogens with zero attached hydrogens (tertiary/aromatic N) is 2. The van der Waals surface area contributed by atoms with Crippen molar-refractivity contribution in [3.05, 3.63) is 30.1 Å². The van der Waals surface area contributed by atoms with Gasteiger partial charge in [-0.15, -0.1) is 0 Å². The molecule has 2 heterocycles. The van der Waals surface area contributed by atoms with E-state index >= 15 is 0 Å². The van der Waals surface area contributed by atoms with Crippen molar-refractivity contribution < 1.29 is 0 Å². The molecule has 1 N–H and O–H groups in total. The van der Waals surface area contributed by atoms with Crippen LogP contribution in [0.15, 0.2) is 24.5 Å². The van der Waals surface area contributed by atoms with Crippen molar-refractivity contribution in [2.24, 2.45) is 13.0 Å². The van der Waals surface area contributed by atoms with Gasteiger partial charge in [-0.3, -0.25) is 0 Å². The standard InChI is InChI=1S/C13H15N3/c1-16-8-15-11-3-2-9(4-12(11)16)13-5-10(13)6-14-7-13/h2-4,8,10,14H,5-7H2,1H3. The van der Waals surface area contributed by atoms with Gasteiger partial charge in [0.1, 0.15) is 0 Å². The first-order chi connectivity index (χ1) is 7.79. The Bertz CT molecular complexity index is 572. The topological polar surface area (TPSA) is 29.9 Å². The summed E-state index contributed by atoms with van der Waals surface area (Å²) in [5, 5.41) is 3.50. The number of aryl methyl sites for hydroxylation is 1. The third-order valence-corrected chi connectivity index (χ3v) is 4.36. The van der Waals surface area contributed by atoms with Crippen LogP contribution in [0.1, 0.15) is 12.0 Å². The van der Waals surface area contributed by atoms with Crippen LogP contribution in [0.25, 0.3) is 11.0 Å². The number of hydrogen-bond donors (Lipinski definition) is 1. The quantitative estimate of drug-likeness (QED) is 0.776. The molecule has 0 spiro atoms. The summed E-state index contributed by atoms with van der Waals surface area (Å²) in [5.74, 6) is 0.873. The fraction of sp³-hybridized carbons (Fsp3) is 0.462. The van der Waals surface area contributed by atoms with Crippen molar-refractivity contribution in [3.63, 3.8) is 0 Å². The number of imidazole rings is 1. The predicted molar refractivity (Wildman–Crippen MR) is 63.4 cm³/mol. The molecule has 1 saturated heterocycles. The molecule has 2 unspecified atom stereocenters. The molecule has 2 fully saturated rings. The predicted octanol–water partition coefficient (Wildman–Crippen LogP) is 1.43. The second kappa shape index (κ2) is 2.66. The van der Waals surface area contributed by atoms with Crippen molar-refractivity contribution in [2.75, 3.05) is 13.1 Å². The molecule has 1 aromatic carbocycles. The molecule has 4 rings (SSSR count). The number of aromatic nitrogens is 2. The first-order valence-electron chi connectivity index (χ1n) is 5.92. The normalized spacial score (nSPS) is 31.9. The van der Waals surface area contributed by atoms with Gasteiger partial charge >= 0.3 is 0 Å². The Morgan fingerprint density at radius 2 is 2.44 bits per heavy atom. The number of nitrogens with one attached hydrogen (secondary N) is 1. The summed E-state index contributed by atoms with van der Waals surface area (Å²) in [7, 11) is 2.06. The van der Waals surface area contributed by atoms with E-state index < -0.39 is 0 Å². The largest absolute Gasteiger partial charge is 0.334 e. The Balaban J connectivity index is 1.89. The van der Waals surface area contributed by atoms with Crippen LogP contribution < -0.4 is 5.32 Å². The highest BCUT2D eigenvalue weighted by Crippen LogP contribution is 2.56. The van der Waals surface area contributed by atoms with Gasteiger partial charge in [-0.1, -0.05) is 6.07 Å². The maximum absolute atomic E-state index is 4.37. The van der Waals surface area contributed by atoms with E-state index in [9.17, 15) is 0 Å². The third kappa shape index (κ3) is 0.944. The van der Waals surface area contributed by atoms with Gasteiger partial charge in [0.25, 0.3) is 0 Å². The van der Waals surface area contributed by atoms with Crippen LogP contribution in [0.2, 0.25) is 0 Å². The lowest BCUT2D eigenvalue weighted by molar-refractivity contribution is 0.676. The molecule has 0 radical (unpaired) electrons. The minimum Gasteiger partial charge on any atom is -0.334 e. The zero-order chi connectivity index (χ0) is 10.8. The lowest BCUT2D eigenvalue weighted by atomic mass is 9.95. The first-order valence-corrected chi connectivity index (χ1v) is 5.92. The molecule has 1 aromatic heterocycles. The Hall–Kier alpha value is -1.35. The molecule has 3 nitrogen and oxygen atoms in total. The minimum absolute atomic E-state index is 0.457. The summed E-state index contributed by atoms with van der Waals surface area (Å²) in [6, 6.07) is 6.75. The van der Waals surface area contributed by atoms with Crippen LogP contribution in [0, 0.1) is 5.92 Å². The Kier molecular flexibility index (Phi) is 1.46. The van der Waals surface area contributed by atoms with Crippen molar-refractivity contribution in [1.29, 1.82) is 0 Å². The van der Waals surface area contributed by atoms with E-state index in [4.69, 9.17) is 0 Å². The van der Waals surface area contributed by atoms with E-state index in [1.807, 2.05) is 6.33 Å². The van der Waals surface area contributed by atoms with E-state index in [-0.39, 0.29) is 0 Å². The second-order valence-corrected chi connectivity index (χ2v) is 5.25. The zero-order valence-corrected chi connectivity index (χ0v) is 9.40. The number of piperidine rings is 1. The SMILES string of the molecule is Cn1cnc2ccc(C34CNCC3C4)cc21. The number of rotatable bonds is 1. The molecule has 1 aliphatic heterocycles. The Labute approximate surface area is 94.5 Å². The minimum atomic E-state index is 0.457. The van der Waals surface area contributed by atoms with Crippen molar-refractivity contribution in [2.45, 2.75) is 11.8 Å². The van der Waals surface area contributed by atoms with E-state index in [1.165, 1.54) is 24.0 Å². The van der Waals surface area contributed by atoms with Gasteiger partial charge in [0.2, 0.25) is 0 Å². The van der Waals surface area contributed by atoms with E-state index in [0.29, 0.717) is 5.41 Å². The summed E-state index contributed by atoms with van der Waals surface area (Å²) < 4.78 is 2.11. The van der Waals surface area contributed by atoms with Gasteiger partial charge in [-0.2, -0.15) is 0 Å².